The zero-order valence-corrected chi connectivity index (χ0v) is 14.3. The molecule has 2 aromatic rings. The monoisotopic (exact) mass is 360 g/mol. The molecular weight excluding hydrogens is 336 g/mol. The Labute approximate surface area is 150 Å². The maximum absolute atomic E-state index is 12.3. The van der Waals surface area contributed by atoms with Gasteiger partial charge in [-0.05, 0) is 30.9 Å². The van der Waals surface area contributed by atoms with Crippen molar-refractivity contribution in [3.8, 4) is 0 Å². The molecule has 9 N–H and O–H groups in total. The lowest BCUT2D eigenvalue weighted by Crippen LogP contribution is -2.49. The molecular formula is C17H24N6O3. The van der Waals surface area contributed by atoms with Crippen LogP contribution in [0.4, 0.5) is 0 Å². The molecule has 26 heavy (non-hydrogen) atoms. The number of nitrogens with one attached hydrogen (secondary N) is 4. The number of aliphatic carboxylic acids is 1. The molecule has 0 spiro atoms. The Morgan fingerprint density at radius 3 is 2.73 bits per heavy atom. The zero-order chi connectivity index (χ0) is 19.1. The van der Waals surface area contributed by atoms with Crippen molar-refractivity contribution in [3.63, 3.8) is 0 Å². The zero-order valence-electron chi connectivity index (χ0n) is 14.3. The normalized spacial score (nSPS) is 13.1. The number of hydrogen-bond donors (Lipinski definition) is 7. The van der Waals surface area contributed by atoms with E-state index in [4.69, 9.17) is 16.9 Å². The number of nitrogens with two attached hydrogens (primary N) is 2. The van der Waals surface area contributed by atoms with E-state index >= 15 is 0 Å². The lowest BCUT2D eigenvalue weighted by atomic mass is 10.0. The van der Waals surface area contributed by atoms with Crippen molar-refractivity contribution >= 4 is 28.7 Å². The lowest BCUT2D eigenvalue weighted by molar-refractivity contribution is -0.142. The molecule has 1 aromatic heterocycles. The molecule has 0 saturated carbocycles. The number of amides is 1. The van der Waals surface area contributed by atoms with Crippen LogP contribution in [-0.4, -0.2) is 46.6 Å². The highest BCUT2D eigenvalue weighted by Gasteiger charge is 2.23. The van der Waals surface area contributed by atoms with Crippen molar-refractivity contribution in [2.75, 3.05) is 6.54 Å². The van der Waals surface area contributed by atoms with Crippen LogP contribution in [0.15, 0.2) is 30.5 Å². The van der Waals surface area contributed by atoms with Crippen molar-refractivity contribution in [1.82, 2.24) is 15.6 Å². The van der Waals surface area contributed by atoms with Gasteiger partial charge in [-0.1, -0.05) is 18.2 Å². The molecule has 0 aliphatic carbocycles. The summed E-state index contributed by atoms with van der Waals surface area (Å²) in [4.78, 5) is 26.7. The van der Waals surface area contributed by atoms with E-state index in [2.05, 4.69) is 15.6 Å². The fourth-order valence-corrected chi connectivity index (χ4v) is 2.70. The molecule has 1 aromatic carbocycles. The fraction of sp³-hybridized carbons (Fsp3) is 0.353. The molecule has 2 rings (SSSR count). The first-order valence-electron chi connectivity index (χ1n) is 8.30. The number of H-pyrrole nitrogens is 1. The Kier molecular flexibility index (Phi) is 6.56. The number of carboxylic acid groups (broad SMARTS) is 1. The quantitative estimate of drug-likeness (QED) is 0.186. The molecule has 0 bridgehead atoms. The Morgan fingerprint density at radius 1 is 1.31 bits per heavy atom. The maximum atomic E-state index is 12.3. The maximum Gasteiger partial charge on any atom is 0.326 e. The van der Waals surface area contributed by atoms with Crippen molar-refractivity contribution in [1.29, 1.82) is 5.41 Å². The number of aromatic nitrogens is 1. The number of rotatable bonds is 9. The third-order valence-electron chi connectivity index (χ3n) is 4.05. The summed E-state index contributed by atoms with van der Waals surface area (Å²) in [7, 11) is 0. The highest BCUT2D eigenvalue weighted by molar-refractivity contribution is 5.88. The highest BCUT2D eigenvalue weighted by Crippen LogP contribution is 2.18. The van der Waals surface area contributed by atoms with Gasteiger partial charge in [-0.15, -0.1) is 0 Å². The second kappa shape index (κ2) is 8.86. The second-order valence-electron chi connectivity index (χ2n) is 6.05. The first-order valence-corrected chi connectivity index (χ1v) is 8.30. The summed E-state index contributed by atoms with van der Waals surface area (Å²) < 4.78 is 0. The molecule has 1 amide bonds. The van der Waals surface area contributed by atoms with Crippen LogP contribution < -0.4 is 22.1 Å². The van der Waals surface area contributed by atoms with Crippen LogP contribution in [-0.2, 0) is 16.0 Å². The molecule has 0 aliphatic heterocycles. The van der Waals surface area contributed by atoms with Gasteiger partial charge in [0.25, 0.3) is 0 Å². The highest BCUT2D eigenvalue weighted by atomic mass is 16.4. The minimum atomic E-state index is -1.12. The summed E-state index contributed by atoms with van der Waals surface area (Å²) in [5.74, 6) is -1.82. The van der Waals surface area contributed by atoms with Crippen LogP contribution in [0.5, 0.6) is 0 Å². The largest absolute Gasteiger partial charge is 0.480 e. The van der Waals surface area contributed by atoms with Crippen LogP contribution in [0.25, 0.3) is 10.9 Å². The first-order chi connectivity index (χ1) is 12.4. The third kappa shape index (κ3) is 5.21. The fourth-order valence-electron chi connectivity index (χ4n) is 2.70. The second-order valence-corrected chi connectivity index (χ2v) is 6.05. The van der Waals surface area contributed by atoms with Gasteiger partial charge < -0.3 is 32.2 Å². The Hall–Kier alpha value is -3.07. The Balaban J connectivity index is 1.91. The van der Waals surface area contributed by atoms with E-state index in [1.165, 1.54) is 0 Å². The number of hydrogen-bond acceptors (Lipinski definition) is 4. The van der Waals surface area contributed by atoms with Crippen molar-refractivity contribution in [2.24, 2.45) is 11.5 Å². The van der Waals surface area contributed by atoms with Gasteiger partial charge in [0.1, 0.15) is 6.04 Å². The van der Waals surface area contributed by atoms with Gasteiger partial charge in [0.2, 0.25) is 5.91 Å². The van der Waals surface area contributed by atoms with E-state index in [0.717, 1.165) is 16.5 Å². The van der Waals surface area contributed by atoms with Gasteiger partial charge in [0, 0.05) is 23.6 Å². The molecule has 0 aliphatic rings. The topological polar surface area (TPSA) is 170 Å². The summed E-state index contributed by atoms with van der Waals surface area (Å²) in [6.07, 6.45) is 2.75. The van der Waals surface area contributed by atoms with Crippen molar-refractivity contribution in [3.05, 3.63) is 36.0 Å². The Morgan fingerprint density at radius 2 is 2.04 bits per heavy atom. The van der Waals surface area contributed by atoms with E-state index in [0.29, 0.717) is 19.4 Å². The van der Waals surface area contributed by atoms with E-state index in [1.54, 1.807) is 6.20 Å². The molecule has 0 fully saturated rings. The number of carbonyl (C=O) groups is 2. The number of para-hydroxylation sites is 1. The van der Waals surface area contributed by atoms with E-state index in [-0.39, 0.29) is 12.4 Å². The number of aromatic amines is 1. The number of fused-ring (bicyclic) bond motifs is 1. The van der Waals surface area contributed by atoms with Crippen LogP contribution in [0.3, 0.4) is 0 Å². The average Bonchev–Trinajstić information content (AvgIpc) is 3.00. The molecule has 0 saturated heterocycles. The molecule has 9 nitrogen and oxygen atoms in total. The van der Waals surface area contributed by atoms with Gasteiger partial charge >= 0.3 is 5.97 Å². The first kappa shape index (κ1) is 19.3. The van der Waals surface area contributed by atoms with Gasteiger partial charge in [-0.3, -0.25) is 10.2 Å². The number of carbonyl (C=O) groups excluding carboxylic acids is 1. The molecule has 0 radical (unpaired) electrons. The number of guanidine groups is 1. The van der Waals surface area contributed by atoms with Gasteiger partial charge in [0.05, 0.1) is 6.04 Å². The minimum Gasteiger partial charge on any atom is -0.480 e. The van der Waals surface area contributed by atoms with E-state index < -0.39 is 24.0 Å². The molecule has 1 heterocycles. The average molecular weight is 360 g/mol. The molecule has 1 unspecified atom stereocenters. The molecule has 140 valence electrons. The van der Waals surface area contributed by atoms with Crippen LogP contribution >= 0.6 is 0 Å². The SMILES string of the molecule is N=C(N)NCCC[C@H](NC(=O)C(N)Cc1c[nH]c2ccccc12)C(=O)O. The summed E-state index contributed by atoms with van der Waals surface area (Å²) in [6.45, 7) is 0.358. The van der Waals surface area contributed by atoms with E-state index in [9.17, 15) is 14.7 Å². The molecule has 9 heteroatoms. The smallest absolute Gasteiger partial charge is 0.326 e. The predicted octanol–water partition coefficient (Wildman–Crippen LogP) is -0.130. The Bertz CT molecular complexity index is 788. The molecule has 2 atom stereocenters. The van der Waals surface area contributed by atoms with Gasteiger partial charge in [-0.25, -0.2) is 4.79 Å². The number of benzene rings is 1. The summed E-state index contributed by atoms with van der Waals surface area (Å²) in [5.41, 5.74) is 13.0. The van der Waals surface area contributed by atoms with Crippen LogP contribution in [0, 0.1) is 5.41 Å². The predicted molar refractivity (Wildman–Crippen MR) is 98.7 cm³/mol. The lowest BCUT2D eigenvalue weighted by Gasteiger charge is -2.18. The number of carboxylic acids is 1. The standard InChI is InChI=1S/C17H24N6O3/c18-12(8-10-9-22-13-5-2-1-4-11(10)13)15(24)23-14(16(25)26)6-3-7-21-17(19)20/h1-2,4-5,9,12,14,22H,3,6-8,18H2,(H,23,24)(H,25,26)(H4,19,20,21)/t12?,14-/m0/s1. The minimum absolute atomic E-state index is 0.179. The third-order valence-corrected chi connectivity index (χ3v) is 4.05. The van der Waals surface area contributed by atoms with Crippen molar-refractivity contribution in [2.45, 2.75) is 31.3 Å². The summed E-state index contributed by atoms with van der Waals surface area (Å²) in [6, 6.07) is 5.79. The summed E-state index contributed by atoms with van der Waals surface area (Å²) >= 11 is 0. The van der Waals surface area contributed by atoms with E-state index in [1.807, 2.05) is 24.3 Å². The van der Waals surface area contributed by atoms with Crippen LogP contribution in [0.1, 0.15) is 18.4 Å². The summed E-state index contributed by atoms with van der Waals surface area (Å²) in [5, 5.41) is 22.4. The van der Waals surface area contributed by atoms with Crippen LogP contribution in [0.2, 0.25) is 0 Å². The van der Waals surface area contributed by atoms with Gasteiger partial charge in [-0.2, -0.15) is 0 Å². The van der Waals surface area contributed by atoms with Gasteiger partial charge in [0.15, 0.2) is 5.96 Å². The van der Waals surface area contributed by atoms with Crippen molar-refractivity contribution < 1.29 is 14.7 Å².